The molecule has 284 valence electrons. The van der Waals surface area contributed by atoms with E-state index in [2.05, 4.69) is 26.6 Å². The lowest BCUT2D eigenvalue weighted by Gasteiger charge is -2.31. The number of nitrogens with one attached hydrogen (secondary N) is 5. The predicted octanol–water partition coefficient (Wildman–Crippen LogP) is 1.86. The Morgan fingerprint density at radius 2 is 0.939 bits per heavy atom. The zero-order chi connectivity index (χ0) is 38.2. The number of carbonyl (C=O) groups excluding carboxylic acids is 5. The maximum Gasteiger partial charge on any atom is 0.306 e. The Hall–Kier alpha value is -3.26. The second-order valence-electron chi connectivity index (χ2n) is 15.2. The lowest BCUT2D eigenvalue weighted by atomic mass is 9.95. The van der Waals surface area contributed by atoms with Gasteiger partial charge in [-0.2, -0.15) is 0 Å². The predicted molar refractivity (Wildman–Crippen MR) is 187 cm³/mol. The van der Waals surface area contributed by atoms with Crippen molar-refractivity contribution in [2.75, 3.05) is 0 Å². The fraction of sp³-hybridized carbons (Fsp3) is 0.829. The Morgan fingerprint density at radius 3 is 1.37 bits per heavy atom. The number of carboxylic acids is 1. The number of amides is 5. The molecule has 7 atom stereocenters. The van der Waals surface area contributed by atoms with Gasteiger partial charge in [-0.1, -0.05) is 69.2 Å². The molecule has 8 N–H and O–H groups in total. The summed E-state index contributed by atoms with van der Waals surface area (Å²) in [5, 5.41) is 43.9. The molecule has 0 fully saturated rings. The van der Waals surface area contributed by atoms with Gasteiger partial charge in [0.1, 0.15) is 18.1 Å². The summed E-state index contributed by atoms with van der Waals surface area (Å²) in [6, 6.07) is -4.61. The van der Waals surface area contributed by atoms with Gasteiger partial charge in [-0.15, -0.1) is 0 Å². The molecule has 0 spiro atoms. The molecule has 49 heavy (non-hydrogen) atoms. The highest BCUT2D eigenvalue weighted by Gasteiger charge is 2.34. The van der Waals surface area contributed by atoms with Crippen molar-refractivity contribution in [1.29, 1.82) is 0 Å². The van der Waals surface area contributed by atoms with Gasteiger partial charge in [0, 0.05) is 6.42 Å². The van der Waals surface area contributed by atoms with Crippen molar-refractivity contribution in [1.82, 2.24) is 26.6 Å². The van der Waals surface area contributed by atoms with E-state index in [0.717, 1.165) is 0 Å². The second-order valence-corrected chi connectivity index (χ2v) is 15.2. The third kappa shape index (κ3) is 18.9. The molecule has 14 nitrogen and oxygen atoms in total. The molecule has 0 saturated heterocycles. The molecule has 0 heterocycles. The smallest absolute Gasteiger partial charge is 0.306 e. The number of hydrogen-bond donors (Lipinski definition) is 8. The number of rotatable bonds is 23. The second kappa shape index (κ2) is 22.5. The van der Waals surface area contributed by atoms with Crippen LogP contribution < -0.4 is 26.6 Å². The van der Waals surface area contributed by atoms with E-state index in [1.165, 1.54) is 6.92 Å². The summed E-state index contributed by atoms with van der Waals surface area (Å²) in [5.74, 6) is -4.00. The van der Waals surface area contributed by atoms with E-state index in [-0.39, 0.29) is 36.0 Å². The molecule has 0 aliphatic carbocycles. The molecule has 0 aromatic rings. The normalized spacial score (nSPS) is 16.0. The van der Waals surface area contributed by atoms with Gasteiger partial charge in [0.05, 0.1) is 37.1 Å². The maximum absolute atomic E-state index is 13.5. The van der Waals surface area contributed by atoms with Crippen molar-refractivity contribution in [3.63, 3.8) is 0 Å². The highest BCUT2D eigenvalue weighted by molar-refractivity contribution is 5.92. The van der Waals surface area contributed by atoms with Gasteiger partial charge < -0.3 is 41.9 Å². The van der Waals surface area contributed by atoms with Gasteiger partial charge in [0.15, 0.2) is 0 Å². The van der Waals surface area contributed by atoms with Gasteiger partial charge >= 0.3 is 5.97 Å². The van der Waals surface area contributed by atoms with Crippen LogP contribution in [0, 0.1) is 29.6 Å². The van der Waals surface area contributed by atoms with E-state index in [1.54, 1.807) is 27.7 Å². The summed E-state index contributed by atoms with van der Waals surface area (Å²) in [7, 11) is 0. The first-order valence-corrected chi connectivity index (χ1v) is 17.6. The third-order valence-electron chi connectivity index (χ3n) is 8.05. The summed E-state index contributed by atoms with van der Waals surface area (Å²) >= 11 is 0. The minimum absolute atomic E-state index is 0.0151. The van der Waals surface area contributed by atoms with Crippen molar-refractivity contribution < 1.29 is 44.1 Å². The SMILES string of the molecule is CC(C)CCC(=O)N[C@H](C(=O)N[C@H](C(=O)N[C@@H](CC(C)C)[C@@H](O)CC(=O)N[C@@H](C)C(=O)N[C@@H](CC(C)C)[C@@H](O)CC(=O)O)C(C)C)C(C)C. The van der Waals surface area contributed by atoms with Crippen molar-refractivity contribution in [3.8, 4) is 0 Å². The fourth-order valence-electron chi connectivity index (χ4n) is 5.22. The van der Waals surface area contributed by atoms with E-state index in [9.17, 15) is 39.0 Å². The molecule has 0 aliphatic heterocycles. The Kier molecular flexibility index (Phi) is 21.0. The van der Waals surface area contributed by atoms with E-state index < -0.39 is 84.9 Å². The maximum atomic E-state index is 13.5. The van der Waals surface area contributed by atoms with Crippen molar-refractivity contribution in [2.45, 2.75) is 157 Å². The quantitative estimate of drug-likeness (QED) is 0.0778. The first kappa shape index (κ1) is 45.7. The molecule has 0 rings (SSSR count). The van der Waals surface area contributed by atoms with Crippen LogP contribution in [0.3, 0.4) is 0 Å². The molecule has 5 amide bonds. The lowest BCUT2D eigenvalue weighted by molar-refractivity contribution is -0.140. The van der Waals surface area contributed by atoms with E-state index in [0.29, 0.717) is 25.2 Å². The molecular formula is C35H65N5O9. The summed E-state index contributed by atoms with van der Waals surface area (Å²) in [4.78, 5) is 76.2. The molecule has 14 heteroatoms. The van der Waals surface area contributed by atoms with E-state index >= 15 is 0 Å². The third-order valence-corrected chi connectivity index (χ3v) is 8.05. The number of aliphatic carboxylic acids is 1. The Balaban J connectivity index is 5.60. The van der Waals surface area contributed by atoms with Crippen LogP contribution in [0.4, 0.5) is 0 Å². The Labute approximate surface area is 292 Å². The zero-order valence-corrected chi connectivity index (χ0v) is 31.5. The highest BCUT2D eigenvalue weighted by atomic mass is 16.4. The van der Waals surface area contributed by atoms with Crippen LogP contribution in [0.5, 0.6) is 0 Å². The van der Waals surface area contributed by atoms with Crippen molar-refractivity contribution in [2.24, 2.45) is 29.6 Å². The molecule has 0 aliphatic rings. The van der Waals surface area contributed by atoms with Gasteiger partial charge in [-0.3, -0.25) is 28.8 Å². The minimum Gasteiger partial charge on any atom is -0.481 e. The Bertz CT molecular complexity index is 1080. The van der Waals surface area contributed by atoms with Crippen LogP contribution in [0.2, 0.25) is 0 Å². The van der Waals surface area contributed by atoms with Crippen LogP contribution in [-0.4, -0.2) is 93.2 Å². The summed E-state index contributed by atoms with van der Waals surface area (Å²) in [6.45, 7) is 20.1. The van der Waals surface area contributed by atoms with Crippen LogP contribution in [0.1, 0.15) is 115 Å². The van der Waals surface area contributed by atoms with Crippen LogP contribution in [0.15, 0.2) is 0 Å². The topological polar surface area (TPSA) is 223 Å². The first-order chi connectivity index (χ1) is 22.5. The number of aliphatic hydroxyl groups is 2. The fourth-order valence-corrected chi connectivity index (χ4v) is 5.22. The van der Waals surface area contributed by atoms with Crippen LogP contribution in [0.25, 0.3) is 0 Å². The first-order valence-electron chi connectivity index (χ1n) is 17.6. The molecule has 0 bridgehead atoms. The van der Waals surface area contributed by atoms with E-state index in [4.69, 9.17) is 5.11 Å². The molecule has 0 unspecified atom stereocenters. The lowest BCUT2D eigenvalue weighted by Crippen LogP contribution is -2.59. The molecule has 0 radical (unpaired) electrons. The van der Waals surface area contributed by atoms with Gasteiger partial charge in [0.25, 0.3) is 0 Å². The number of carboxylic acid groups (broad SMARTS) is 1. The van der Waals surface area contributed by atoms with E-state index in [1.807, 2.05) is 41.5 Å². The number of carbonyl (C=O) groups is 6. The zero-order valence-electron chi connectivity index (χ0n) is 31.5. The number of hydrogen-bond acceptors (Lipinski definition) is 8. The minimum atomic E-state index is -1.33. The molecular weight excluding hydrogens is 634 g/mol. The molecule has 0 saturated carbocycles. The van der Waals surface area contributed by atoms with Crippen LogP contribution >= 0.6 is 0 Å². The van der Waals surface area contributed by atoms with Crippen molar-refractivity contribution >= 4 is 35.5 Å². The van der Waals surface area contributed by atoms with Gasteiger partial charge in [-0.05, 0) is 55.8 Å². The summed E-state index contributed by atoms with van der Waals surface area (Å²) < 4.78 is 0. The average molecular weight is 700 g/mol. The molecule has 0 aromatic heterocycles. The van der Waals surface area contributed by atoms with Crippen molar-refractivity contribution in [3.05, 3.63) is 0 Å². The largest absolute Gasteiger partial charge is 0.481 e. The average Bonchev–Trinajstić information content (AvgIpc) is 2.95. The monoisotopic (exact) mass is 699 g/mol. The standard InChI is InChI=1S/C35H65N5O9/c1-18(2)12-13-28(43)39-31(21(7)8)35(49)40-32(22(9)10)34(48)38-24(14-19(3)4)26(41)16-29(44)36-23(11)33(47)37-25(15-20(5)6)27(42)17-30(45)46/h18-27,31-32,41-42H,12-17H2,1-11H3,(H,36,44)(H,37,47)(H,38,48)(H,39,43)(H,40,49)(H,45,46)/t23-,24-,25-,26-,27-,31-,32-/m0/s1. The highest BCUT2D eigenvalue weighted by Crippen LogP contribution is 2.15. The van der Waals surface area contributed by atoms with Crippen LogP contribution in [-0.2, 0) is 28.8 Å². The molecule has 0 aromatic carbocycles. The summed E-state index contributed by atoms with van der Waals surface area (Å²) in [6.07, 6.45) is -2.06. The van der Waals surface area contributed by atoms with Gasteiger partial charge in [-0.25, -0.2) is 0 Å². The summed E-state index contributed by atoms with van der Waals surface area (Å²) in [5.41, 5.74) is 0. The number of aliphatic hydroxyl groups excluding tert-OH is 2. The Morgan fingerprint density at radius 1 is 0.510 bits per heavy atom. The van der Waals surface area contributed by atoms with Gasteiger partial charge in [0.2, 0.25) is 29.5 Å².